The quantitative estimate of drug-likeness (QED) is 0.681. The van der Waals surface area contributed by atoms with Gasteiger partial charge in [0.15, 0.2) is 5.78 Å². The van der Waals surface area contributed by atoms with Crippen LogP contribution in [0.3, 0.4) is 0 Å². The summed E-state index contributed by atoms with van der Waals surface area (Å²) in [4.78, 5) is 12.1. The summed E-state index contributed by atoms with van der Waals surface area (Å²) in [5.74, 6) is -0.558. The van der Waals surface area contributed by atoms with Gasteiger partial charge < -0.3 is 5.73 Å². The van der Waals surface area contributed by atoms with Gasteiger partial charge in [0.25, 0.3) is 0 Å². The lowest BCUT2D eigenvalue weighted by molar-refractivity contribution is 0.103. The lowest BCUT2D eigenvalue weighted by atomic mass is 10.0. The first-order valence-electron chi connectivity index (χ1n) is 4.93. The highest BCUT2D eigenvalue weighted by molar-refractivity contribution is 9.10. The molecule has 0 fully saturated rings. The Hall–Kier alpha value is -1.68. The molecule has 0 radical (unpaired) electrons. The fourth-order valence-electron chi connectivity index (χ4n) is 1.47. The molecule has 0 aliphatic heterocycles. The second-order valence-electron chi connectivity index (χ2n) is 3.58. The van der Waals surface area contributed by atoms with Crippen molar-refractivity contribution in [3.8, 4) is 0 Å². The first-order chi connectivity index (χ1) is 8.08. The second kappa shape index (κ2) is 4.67. The van der Waals surface area contributed by atoms with E-state index in [9.17, 15) is 9.18 Å². The minimum atomic E-state index is -0.367. The number of halogens is 2. The van der Waals surface area contributed by atoms with Gasteiger partial charge in [0, 0.05) is 21.3 Å². The summed E-state index contributed by atoms with van der Waals surface area (Å²) < 4.78 is 13.4. The van der Waals surface area contributed by atoms with Crippen LogP contribution in [0.1, 0.15) is 15.9 Å². The highest BCUT2D eigenvalue weighted by Gasteiger charge is 2.12. The van der Waals surface area contributed by atoms with Crippen molar-refractivity contribution in [2.45, 2.75) is 0 Å². The summed E-state index contributed by atoms with van der Waals surface area (Å²) in [6.07, 6.45) is 0. The van der Waals surface area contributed by atoms with Crippen molar-refractivity contribution in [1.29, 1.82) is 0 Å². The molecule has 0 aliphatic rings. The number of rotatable bonds is 2. The Labute approximate surface area is 106 Å². The lowest BCUT2D eigenvalue weighted by Gasteiger charge is -2.05. The van der Waals surface area contributed by atoms with Gasteiger partial charge in [0.05, 0.1) is 0 Å². The fourth-order valence-corrected chi connectivity index (χ4v) is 1.90. The van der Waals surface area contributed by atoms with Crippen LogP contribution in [0.5, 0.6) is 0 Å². The molecule has 0 aliphatic carbocycles. The zero-order chi connectivity index (χ0) is 12.4. The van der Waals surface area contributed by atoms with E-state index in [1.807, 2.05) is 0 Å². The number of nitrogens with two attached hydrogens (primary N) is 1. The largest absolute Gasteiger partial charge is 0.399 e. The van der Waals surface area contributed by atoms with Crippen molar-refractivity contribution in [1.82, 2.24) is 0 Å². The molecular formula is C13H9BrFNO. The summed E-state index contributed by atoms with van der Waals surface area (Å²) in [5.41, 5.74) is 7.04. The molecule has 0 atom stereocenters. The molecule has 0 bridgehead atoms. The minimum absolute atomic E-state index is 0.191. The Morgan fingerprint density at radius 2 is 1.76 bits per heavy atom. The van der Waals surface area contributed by atoms with Crippen LogP contribution < -0.4 is 5.73 Å². The van der Waals surface area contributed by atoms with E-state index in [0.717, 1.165) is 0 Å². The molecule has 0 saturated carbocycles. The van der Waals surface area contributed by atoms with Gasteiger partial charge >= 0.3 is 0 Å². The third kappa shape index (κ3) is 2.53. The number of ketones is 1. The maximum absolute atomic E-state index is 12.8. The Kier molecular flexibility index (Phi) is 3.24. The van der Waals surface area contributed by atoms with Crippen LogP contribution in [0.25, 0.3) is 0 Å². The summed E-state index contributed by atoms with van der Waals surface area (Å²) in [7, 11) is 0. The van der Waals surface area contributed by atoms with Gasteiger partial charge in [-0.15, -0.1) is 0 Å². The first-order valence-corrected chi connectivity index (χ1v) is 5.72. The summed E-state index contributed by atoms with van der Waals surface area (Å²) in [6, 6.07) is 10.4. The zero-order valence-electron chi connectivity index (χ0n) is 8.78. The van der Waals surface area contributed by atoms with E-state index < -0.39 is 0 Å². The van der Waals surface area contributed by atoms with Crippen LogP contribution in [0.4, 0.5) is 10.1 Å². The predicted octanol–water partition coefficient (Wildman–Crippen LogP) is 3.40. The third-order valence-electron chi connectivity index (χ3n) is 2.34. The van der Waals surface area contributed by atoms with Crippen molar-refractivity contribution in [3.63, 3.8) is 0 Å². The Balaban J connectivity index is 2.43. The molecular weight excluding hydrogens is 285 g/mol. The first kappa shape index (κ1) is 11.8. The van der Waals surface area contributed by atoms with Crippen molar-refractivity contribution < 1.29 is 9.18 Å². The molecule has 2 nitrogen and oxygen atoms in total. The van der Waals surface area contributed by atoms with Gasteiger partial charge in [-0.05, 0) is 42.5 Å². The predicted molar refractivity (Wildman–Crippen MR) is 68.4 cm³/mol. The molecule has 0 aromatic heterocycles. The maximum Gasteiger partial charge on any atom is 0.194 e. The molecule has 2 N–H and O–H groups in total. The molecule has 2 aromatic carbocycles. The molecule has 0 amide bonds. The minimum Gasteiger partial charge on any atom is -0.399 e. The van der Waals surface area contributed by atoms with E-state index >= 15 is 0 Å². The monoisotopic (exact) mass is 293 g/mol. The van der Waals surface area contributed by atoms with Crippen molar-refractivity contribution >= 4 is 27.4 Å². The lowest BCUT2D eigenvalue weighted by Crippen LogP contribution is -2.03. The molecule has 4 heteroatoms. The van der Waals surface area contributed by atoms with E-state index in [1.54, 1.807) is 18.2 Å². The molecule has 2 rings (SSSR count). The molecule has 2 aromatic rings. The van der Waals surface area contributed by atoms with Gasteiger partial charge in [-0.2, -0.15) is 0 Å². The van der Waals surface area contributed by atoms with Crippen LogP contribution in [0, 0.1) is 5.82 Å². The van der Waals surface area contributed by atoms with Crippen LogP contribution in [0.2, 0.25) is 0 Å². The van der Waals surface area contributed by atoms with Crippen LogP contribution in [0.15, 0.2) is 46.9 Å². The molecule has 0 spiro atoms. The standard InChI is InChI=1S/C13H9BrFNO/c14-12-6-5-10(16)7-11(12)13(17)8-1-3-9(15)4-2-8/h1-7H,16H2. The maximum atomic E-state index is 12.8. The second-order valence-corrected chi connectivity index (χ2v) is 4.43. The number of anilines is 1. The molecule has 0 unspecified atom stereocenters. The van der Waals surface area contributed by atoms with E-state index in [2.05, 4.69) is 15.9 Å². The average molecular weight is 294 g/mol. The van der Waals surface area contributed by atoms with Gasteiger partial charge in [0.2, 0.25) is 0 Å². The number of nitrogen functional groups attached to an aromatic ring is 1. The Morgan fingerprint density at radius 3 is 2.41 bits per heavy atom. The van der Waals surface area contributed by atoms with Crippen molar-refractivity contribution in [2.75, 3.05) is 5.73 Å². The van der Waals surface area contributed by atoms with E-state index in [0.29, 0.717) is 21.3 Å². The smallest absolute Gasteiger partial charge is 0.194 e. The average Bonchev–Trinajstić information content (AvgIpc) is 2.32. The van der Waals surface area contributed by atoms with Crippen LogP contribution in [-0.2, 0) is 0 Å². The van der Waals surface area contributed by atoms with Crippen molar-refractivity contribution in [3.05, 3.63) is 63.9 Å². The van der Waals surface area contributed by atoms with Gasteiger partial charge in [0.1, 0.15) is 5.82 Å². The van der Waals surface area contributed by atoms with E-state index in [4.69, 9.17) is 5.73 Å². The van der Waals surface area contributed by atoms with E-state index in [-0.39, 0.29) is 11.6 Å². The number of hydrogen-bond acceptors (Lipinski definition) is 2. The fraction of sp³-hybridized carbons (Fsp3) is 0. The Bertz CT molecular complexity index is 566. The highest BCUT2D eigenvalue weighted by Crippen LogP contribution is 2.22. The zero-order valence-corrected chi connectivity index (χ0v) is 10.4. The van der Waals surface area contributed by atoms with E-state index in [1.165, 1.54) is 24.3 Å². The van der Waals surface area contributed by atoms with Gasteiger partial charge in [-0.25, -0.2) is 4.39 Å². The topological polar surface area (TPSA) is 43.1 Å². The van der Waals surface area contributed by atoms with Crippen LogP contribution >= 0.6 is 15.9 Å². The Morgan fingerprint density at radius 1 is 1.12 bits per heavy atom. The summed E-state index contributed by atoms with van der Waals surface area (Å²) in [6.45, 7) is 0. The number of hydrogen-bond donors (Lipinski definition) is 1. The normalized spacial score (nSPS) is 10.2. The van der Waals surface area contributed by atoms with Gasteiger partial charge in [-0.3, -0.25) is 4.79 Å². The SMILES string of the molecule is Nc1ccc(Br)c(C(=O)c2ccc(F)cc2)c1. The summed E-state index contributed by atoms with van der Waals surface area (Å²) in [5, 5.41) is 0. The molecule has 17 heavy (non-hydrogen) atoms. The van der Waals surface area contributed by atoms with Gasteiger partial charge in [-0.1, -0.05) is 15.9 Å². The summed E-state index contributed by atoms with van der Waals surface area (Å²) >= 11 is 3.29. The molecule has 86 valence electrons. The van der Waals surface area contributed by atoms with Crippen LogP contribution in [-0.4, -0.2) is 5.78 Å². The highest BCUT2D eigenvalue weighted by atomic mass is 79.9. The van der Waals surface area contributed by atoms with Crippen molar-refractivity contribution in [2.24, 2.45) is 0 Å². The molecule has 0 saturated heterocycles. The third-order valence-corrected chi connectivity index (χ3v) is 3.03. The number of carbonyl (C=O) groups excluding carboxylic acids is 1. The molecule has 0 heterocycles. The number of carbonyl (C=O) groups is 1. The number of benzene rings is 2.